The van der Waals surface area contributed by atoms with Crippen molar-refractivity contribution >= 4 is 46.6 Å². The average molecular weight is 637 g/mol. The van der Waals surface area contributed by atoms with E-state index in [-0.39, 0.29) is 51.6 Å². The number of carbonyl (C=O) groups excluding carboxylic acids is 4. The second-order valence-electron chi connectivity index (χ2n) is 10.4. The van der Waals surface area contributed by atoms with Crippen molar-refractivity contribution in [1.82, 2.24) is 25.4 Å². The minimum atomic E-state index is -1.24. The van der Waals surface area contributed by atoms with Gasteiger partial charge in [-0.05, 0) is 42.5 Å². The Morgan fingerprint density at radius 1 is 1.00 bits per heavy atom. The van der Waals surface area contributed by atoms with Gasteiger partial charge in [-0.2, -0.15) is 0 Å². The molecule has 0 aliphatic heterocycles. The number of nitrogens with two attached hydrogens (primary N) is 2. The van der Waals surface area contributed by atoms with Gasteiger partial charge in [0.25, 0.3) is 0 Å². The fraction of sp³-hybridized carbons (Fsp3) is 0.355. The number of nitrogens with zero attached hydrogens (tertiary/aromatic N) is 2. The zero-order valence-electron chi connectivity index (χ0n) is 25.6. The largest absolute Gasteiger partial charge is 0.480 e. The molecule has 3 aromatic rings. The van der Waals surface area contributed by atoms with Crippen LogP contribution in [0.3, 0.4) is 0 Å². The Balaban J connectivity index is 1.97. The predicted octanol–water partition coefficient (Wildman–Crippen LogP) is 0.777. The summed E-state index contributed by atoms with van der Waals surface area (Å²) in [6, 6.07) is 12.6. The summed E-state index contributed by atoms with van der Waals surface area (Å²) < 4.78 is 6.82. The Hall–Kier alpha value is -5.60. The van der Waals surface area contributed by atoms with E-state index in [0.29, 0.717) is 17.5 Å². The SMILES string of the molecule is CCOC(=O)Cn1cc(CC(=O)N(Cc2ccc(CNC(N)=O)cc2)[C@H](CCCNC(=N)N)C(=O)NCC(=O)O)c2ccccc21. The Kier molecular flexibility index (Phi) is 12.9. The minimum absolute atomic E-state index is 0.00905. The number of esters is 1. The molecule has 0 spiro atoms. The molecule has 0 aliphatic carbocycles. The number of amides is 4. The van der Waals surface area contributed by atoms with Gasteiger partial charge in [0, 0.05) is 36.7 Å². The molecular weight excluding hydrogens is 596 g/mol. The summed E-state index contributed by atoms with van der Waals surface area (Å²) in [4.78, 5) is 63.6. The van der Waals surface area contributed by atoms with E-state index in [1.54, 1.807) is 42.0 Å². The van der Waals surface area contributed by atoms with E-state index in [9.17, 15) is 29.1 Å². The molecule has 1 heterocycles. The fourth-order valence-corrected chi connectivity index (χ4v) is 4.95. The molecule has 0 radical (unpaired) electrons. The molecule has 0 bridgehead atoms. The summed E-state index contributed by atoms with van der Waals surface area (Å²) in [6.45, 7) is 1.73. The summed E-state index contributed by atoms with van der Waals surface area (Å²) in [5, 5.41) is 24.9. The molecule has 9 N–H and O–H groups in total. The van der Waals surface area contributed by atoms with E-state index in [0.717, 1.165) is 16.5 Å². The number of aromatic nitrogens is 1. The molecule has 246 valence electrons. The number of hydrogen-bond donors (Lipinski definition) is 7. The topological polar surface area (TPSA) is 235 Å². The van der Waals surface area contributed by atoms with Crippen LogP contribution >= 0.6 is 0 Å². The lowest BCUT2D eigenvalue weighted by Crippen LogP contribution is -2.50. The summed E-state index contributed by atoms with van der Waals surface area (Å²) in [7, 11) is 0. The smallest absolute Gasteiger partial charge is 0.325 e. The number of guanidine groups is 1. The van der Waals surface area contributed by atoms with Gasteiger partial charge in [-0.25, -0.2) is 4.79 Å². The summed E-state index contributed by atoms with van der Waals surface area (Å²) in [6.07, 6.45) is 2.08. The molecule has 1 aromatic heterocycles. The highest BCUT2D eigenvalue weighted by molar-refractivity contribution is 5.93. The van der Waals surface area contributed by atoms with Crippen molar-refractivity contribution in [2.45, 2.75) is 51.9 Å². The number of rotatable bonds is 17. The van der Waals surface area contributed by atoms with Gasteiger partial charge < -0.3 is 46.7 Å². The van der Waals surface area contributed by atoms with E-state index in [1.807, 2.05) is 24.3 Å². The molecule has 15 heteroatoms. The lowest BCUT2D eigenvalue weighted by Gasteiger charge is -2.31. The third-order valence-corrected chi connectivity index (χ3v) is 7.04. The number of urea groups is 1. The van der Waals surface area contributed by atoms with Gasteiger partial charge in [0.1, 0.15) is 19.1 Å². The van der Waals surface area contributed by atoms with Gasteiger partial charge in [0.2, 0.25) is 11.8 Å². The minimum Gasteiger partial charge on any atom is -0.480 e. The van der Waals surface area contributed by atoms with Crippen molar-refractivity contribution in [3.05, 3.63) is 71.4 Å². The monoisotopic (exact) mass is 636 g/mol. The van der Waals surface area contributed by atoms with Gasteiger partial charge in [0.05, 0.1) is 13.0 Å². The number of ether oxygens (including phenoxy) is 1. The number of fused-ring (bicyclic) bond motifs is 1. The molecule has 1 atom stereocenters. The van der Waals surface area contributed by atoms with E-state index >= 15 is 0 Å². The molecule has 46 heavy (non-hydrogen) atoms. The molecule has 0 saturated heterocycles. The van der Waals surface area contributed by atoms with E-state index in [4.69, 9.17) is 21.6 Å². The van der Waals surface area contributed by atoms with E-state index in [1.165, 1.54) is 4.90 Å². The normalized spacial score (nSPS) is 11.3. The lowest BCUT2D eigenvalue weighted by atomic mass is 10.0. The van der Waals surface area contributed by atoms with Crippen molar-refractivity contribution in [2.24, 2.45) is 11.5 Å². The second kappa shape index (κ2) is 17.0. The number of benzene rings is 2. The first-order chi connectivity index (χ1) is 22.0. The first-order valence-electron chi connectivity index (χ1n) is 14.7. The van der Waals surface area contributed by atoms with Crippen LogP contribution in [0, 0.1) is 5.41 Å². The number of hydrogen-bond acceptors (Lipinski definition) is 7. The van der Waals surface area contributed by atoms with Gasteiger partial charge in [-0.3, -0.25) is 24.6 Å². The quantitative estimate of drug-likeness (QED) is 0.0479. The highest BCUT2D eigenvalue weighted by Crippen LogP contribution is 2.24. The number of primary amides is 1. The van der Waals surface area contributed by atoms with Crippen molar-refractivity contribution in [3.63, 3.8) is 0 Å². The van der Waals surface area contributed by atoms with Crippen molar-refractivity contribution in [3.8, 4) is 0 Å². The number of carbonyl (C=O) groups is 5. The fourth-order valence-electron chi connectivity index (χ4n) is 4.95. The van der Waals surface area contributed by atoms with Crippen LogP contribution in [0.5, 0.6) is 0 Å². The van der Waals surface area contributed by atoms with Crippen LogP contribution in [-0.4, -0.2) is 76.1 Å². The van der Waals surface area contributed by atoms with Crippen LogP contribution < -0.4 is 27.4 Å². The first-order valence-corrected chi connectivity index (χ1v) is 14.7. The Morgan fingerprint density at radius 3 is 2.35 bits per heavy atom. The van der Waals surface area contributed by atoms with Gasteiger partial charge in [-0.15, -0.1) is 0 Å². The highest BCUT2D eigenvalue weighted by atomic mass is 16.5. The highest BCUT2D eigenvalue weighted by Gasteiger charge is 2.31. The van der Waals surface area contributed by atoms with Crippen LogP contribution in [0.15, 0.2) is 54.7 Å². The summed E-state index contributed by atoms with van der Waals surface area (Å²) in [5.41, 5.74) is 13.4. The number of aliphatic carboxylic acids is 1. The molecule has 0 fully saturated rings. The molecule has 0 unspecified atom stereocenters. The maximum atomic E-state index is 14.2. The van der Waals surface area contributed by atoms with Crippen molar-refractivity contribution in [1.29, 1.82) is 5.41 Å². The molecular formula is C31H40N8O7. The van der Waals surface area contributed by atoms with E-state index < -0.39 is 42.4 Å². The van der Waals surface area contributed by atoms with Crippen LogP contribution in [-0.2, 0) is 50.0 Å². The zero-order chi connectivity index (χ0) is 33.6. The lowest BCUT2D eigenvalue weighted by molar-refractivity contribution is -0.143. The molecule has 0 saturated carbocycles. The summed E-state index contributed by atoms with van der Waals surface area (Å²) in [5.74, 6) is -2.96. The predicted molar refractivity (Wildman–Crippen MR) is 169 cm³/mol. The molecule has 3 rings (SSSR count). The van der Waals surface area contributed by atoms with Gasteiger partial charge in [-0.1, -0.05) is 42.5 Å². The van der Waals surface area contributed by atoms with Crippen LogP contribution in [0.2, 0.25) is 0 Å². The number of carboxylic acids is 1. The van der Waals surface area contributed by atoms with Gasteiger partial charge >= 0.3 is 18.0 Å². The average Bonchev–Trinajstić information content (AvgIpc) is 3.34. The molecule has 4 amide bonds. The number of nitrogens with one attached hydrogen (secondary N) is 4. The van der Waals surface area contributed by atoms with Crippen LogP contribution in [0.1, 0.15) is 36.5 Å². The number of carboxylic acid groups (broad SMARTS) is 1. The summed E-state index contributed by atoms with van der Waals surface area (Å²) >= 11 is 0. The molecule has 15 nitrogen and oxygen atoms in total. The van der Waals surface area contributed by atoms with Crippen LogP contribution in [0.25, 0.3) is 10.9 Å². The second-order valence-corrected chi connectivity index (χ2v) is 10.4. The number of para-hydroxylation sites is 1. The first kappa shape index (κ1) is 34.9. The maximum Gasteiger partial charge on any atom is 0.325 e. The van der Waals surface area contributed by atoms with E-state index in [2.05, 4.69) is 16.0 Å². The third kappa shape index (κ3) is 10.5. The standard InChI is InChI=1S/C31H40N8O7/c1-2-46-28(43)19-38-18-22(23-6-3-4-7-24(23)38)14-26(40)39(17-21-11-9-20(10-12-21)15-37-31(34)45)25(8-5-13-35-30(32)33)29(44)36-16-27(41)42/h3-4,6-7,9-12,18,25H,2,5,8,13-17,19H2,1H3,(H,36,44)(H,41,42)(H4,32,33,35)(H3,34,37,45)/t25-/m1/s1. The van der Waals surface area contributed by atoms with Crippen LogP contribution in [0.4, 0.5) is 4.79 Å². The van der Waals surface area contributed by atoms with Crippen molar-refractivity contribution < 1.29 is 33.8 Å². The Labute approximate surface area is 265 Å². The zero-order valence-corrected chi connectivity index (χ0v) is 25.6. The molecule has 2 aromatic carbocycles. The van der Waals surface area contributed by atoms with Crippen molar-refractivity contribution in [2.75, 3.05) is 19.7 Å². The maximum absolute atomic E-state index is 14.2. The Bertz CT molecular complexity index is 1550. The molecule has 0 aliphatic rings. The van der Waals surface area contributed by atoms with Gasteiger partial charge in [0.15, 0.2) is 5.96 Å². The third-order valence-electron chi connectivity index (χ3n) is 7.04. The Morgan fingerprint density at radius 2 is 1.70 bits per heavy atom.